The maximum absolute atomic E-state index is 11.4. The van der Waals surface area contributed by atoms with Crippen LogP contribution in [0.2, 0.25) is 10.2 Å². The number of hydrogen-bond donors (Lipinski definition) is 0. The molecule has 0 unspecified atom stereocenters. The Bertz CT molecular complexity index is 796. The highest BCUT2D eigenvalue weighted by Crippen LogP contribution is 2.24. The summed E-state index contributed by atoms with van der Waals surface area (Å²) in [5, 5.41) is 5.49. The van der Waals surface area contributed by atoms with Crippen LogP contribution in [0.25, 0.3) is 5.69 Å². The van der Waals surface area contributed by atoms with Crippen LogP contribution in [0.15, 0.2) is 54.6 Å². The lowest BCUT2D eigenvalue weighted by molar-refractivity contribution is 0.112. The number of halogens is 2. The molecule has 0 fully saturated rings. The molecule has 2 aromatic carbocycles. The highest BCUT2D eigenvalue weighted by molar-refractivity contribution is 6.32. The Hall–Kier alpha value is -2.10. The Labute approximate surface area is 138 Å². The molecule has 110 valence electrons. The maximum Gasteiger partial charge on any atom is 0.155 e. The molecule has 0 saturated carbocycles. The average Bonchev–Trinajstić information content (AvgIpc) is 2.86. The van der Waals surface area contributed by atoms with Gasteiger partial charge in [0.2, 0.25) is 0 Å². The van der Waals surface area contributed by atoms with E-state index >= 15 is 0 Å². The van der Waals surface area contributed by atoms with Gasteiger partial charge in [0, 0.05) is 11.4 Å². The zero-order valence-electron chi connectivity index (χ0n) is 11.5. The molecular formula is C17H12Cl2N2O. The van der Waals surface area contributed by atoms with Crippen molar-refractivity contribution in [1.29, 1.82) is 0 Å². The fraction of sp³-hybridized carbons (Fsp3) is 0.0588. The van der Waals surface area contributed by atoms with Gasteiger partial charge in [0.15, 0.2) is 6.29 Å². The molecule has 0 aliphatic heterocycles. The van der Waals surface area contributed by atoms with Crippen molar-refractivity contribution < 1.29 is 4.79 Å². The third kappa shape index (κ3) is 2.91. The van der Waals surface area contributed by atoms with Crippen molar-refractivity contribution in [3.8, 4) is 5.69 Å². The molecular weight excluding hydrogens is 319 g/mol. The summed E-state index contributed by atoms with van der Waals surface area (Å²) >= 11 is 12.2. The molecule has 0 bridgehead atoms. The van der Waals surface area contributed by atoms with Crippen LogP contribution in [0.5, 0.6) is 0 Å². The second-order valence-corrected chi connectivity index (χ2v) is 5.61. The molecule has 0 saturated heterocycles. The van der Waals surface area contributed by atoms with E-state index in [-0.39, 0.29) is 0 Å². The van der Waals surface area contributed by atoms with Gasteiger partial charge in [-0.15, -0.1) is 0 Å². The number of carbonyl (C=O) groups excluding carboxylic acids is 1. The molecule has 0 aliphatic rings. The Morgan fingerprint density at radius 2 is 1.68 bits per heavy atom. The quantitative estimate of drug-likeness (QED) is 0.656. The summed E-state index contributed by atoms with van der Waals surface area (Å²) < 4.78 is 1.58. The zero-order valence-corrected chi connectivity index (χ0v) is 13.1. The van der Waals surface area contributed by atoms with E-state index < -0.39 is 0 Å². The van der Waals surface area contributed by atoms with Crippen molar-refractivity contribution in [3.05, 3.63) is 81.6 Å². The molecule has 0 spiro atoms. The second-order valence-electron chi connectivity index (χ2n) is 4.82. The smallest absolute Gasteiger partial charge is 0.155 e. The van der Waals surface area contributed by atoms with E-state index in [1.54, 1.807) is 4.68 Å². The number of carbonyl (C=O) groups is 1. The average molecular weight is 331 g/mol. The van der Waals surface area contributed by atoms with Crippen molar-refractivity contribution >= 4 is 29.5 Å². The Morgan fingerprint density at radius 3 is 2.32 bits per heavy atom. The lowest BCUT2D eigenvalue weighted by Crippen LogP contribution is -1.97. The van der Waals surface area contributed by atoms with Crippen molar-refractivity contribution in [2.45, 2.75) is 6.42 Å². The largest absolute Gasteiger partial charge is 0.298 e. The van der Waals surface area contributed by atoms with E-state index in [0.717, 1.165) is 17.5 Å². The van der Waals surface area contributed by atoms with Gasteiger partial charge < -0.3 is 0 Å². The molecule has 0 N–H and O–H groups in total. The van der Waals surface area contributed by atoms with Gasteiger partial charge in [0.1, 0.15) is 5.15 Å². The van der Waals surface area contributed by atoms with Crippen LogP contribution in [0.4, 0.5) is 0 Å². The second kappa shape index (κ2) is 6.34. The van der Waals surface area contributed by atoms with E-state index in [9.17, 15) is 4.79 Å². The molecule has 3 nitrogen and oxygen atoms in total. The number of rotatable bonds is 4. The highest BCUT2D eigenvalue weighted by Gasteiger charge is 2.17. The third-order valence-corrected chi connectivity index (χ3v) is 3.96. The van der Waals surface area contributed by atoms with E-state index in [0.29, 0.717) is 27.9 Å². The van der Waals surface area contributed by atoms with E-state index in [2.05, 4.69) is 5.10 Å². The third-order valence-electron chi connectivity index (χ3n) is 3.34. The number of aldehydes is 1. The summed E-state index contributed by atoms with van der Waals surface area (Å²) in [5.74, 6) is 0. The van der Waals surface area contributed by atoms with Gasteiger partial charge in [-0.2, -0.15) is 5.10 Å². The first-order valence-electron chi connectivity index (χ1n) is 6.71. The number of aromatic nitrogens is 2. The van der Waals surface area contributed by atoms with E-state index in [1.807, 2.05) is 54.6 Å². The lowest BCUT2D eigenvalue weighted by atomic mass is 10.1. The highest BCUT2D eigenvalue weighted by atomic mass is 35.5. The molecule has 0 aliphatic carbocycles. The number of benzene rings is 2. The minimum atomic E-state index is 0.324. The molecule has 0 radical (unpaired) electrons. The molecule has 0 atom stereocenters. The molecule has 1 aromatic heterocycles. The van der Waals surface area contributed by atoms with Crippen LogP contribution in [0, 0.1) is 0 Å². The Kier molecular flexibility index (Phi) is 4.27. The van der Waals surface area contributed by atoms with Crippen molar-refractivity contribution in [2.75, 3.05) is 0 Å². The van der Waals surface area contributed by atoms with Crippen LogP contribution < -0.4 is 0 Å². The van der Waals surface area contributed by atoms with Crippen molar-refractivity contribution in [3.63, 3.8) is 0 Å². The number of para-hydroxylation sites is 1. The summed E-state index contributed by atoms with van der Waals surface area (Å²) in [6.45, 7) is 0. The van der Waals surface area contributed by atoms with Crippen molar-refractivity contribution in [1.82, 2.24) is 9.78 Å². The van der Waals surface area contributed by atoms with Crippen molar-refractivity contribution in [2.24, 2.45) is 0 Å². The van der Waals surface area contributed by atoms with Gasteiger partial charge >= 0.3 is 0 Å². The van der Waals surface area contributed by atoms with Gasteiger partial charge in [0.05, 0.1) is 16.9 Å². The molecule has 0 amide bonds. The van der Waals surface area contributed by atoms with Crippen LogP contribution in [-0.4, -0.2) is 16.1 Å². The zero-order chi connectivity index (χ0) is 15.5. The van der Waals surface area contributed by atoms with Gasteiger partial charge in [-0.25, -0.2) is 4.68 Å². The van der Waals surface area contributed by atoms with Gasteiger partial charge in [-0.1, -0.05) is 53.5 Å². The summed E-state index contributed by atoms with van der Waals surface area (Å²) in [4.78, 5) is 11.4. The van der Waals surface area contributed by atoms with Crippen LogP contribution in [-0.2, 0) is 6.42 Å². The SMILES string of the molecule is O=Cc1c(Cc2ccc(Cl)cc2)nn(-c2ccccc2)c1Cl. The molecule has 3 aromatic rings. The summed E-state index contributed by atoms with van der Waals surface area (Å²) in [6, 6.07) is 16.9. The maximum atomic E-state index is 11.4. The first-order valence-corrected chi connectivity index (χ1v) is 7.47. The normalized spacial score (nSPS) is 10.6. The summed E-state index contributed by atoms with van der Waals surface area (Å²) in [7, 11) is 0. The minimum Gasteiger partial charge on any atom is -0.298 e. The fourth-order valence-corrected chi connectivity index (χ4v) is 2.65. The predicted molar refractivity (Wildman–Crippen MR) is 88.2 cm³/mol. The standard InChI is InChI=1S/C17H12Cl2N2O/c18-13-8-6-12(7-9-13)10-16-15(11-22)17(19)21(20-16)14-4-2-1-3-5-14/h1-9,11H,10H2. The summed E-state index contributed by atoms with van der Waals surface area (Å²) in [6.07, 6.45) is 1.27. The van der Waals surface area contributed by atoms with Crippen LogP contribution in [0.3, 0.4) is 0 Å². The van der Waals surface area contributed by atoms with Gasteiger partial charge in [-0.3, -0.25) is 4.79 Å². The van der Waals surface area contributed by atoms with E-state index in [1.165, 1.54) is 0 Å². The first-order chi connectivity index (χ1) is 10.7. The molecule has 5 heteroatoms. The molecule has 22 heavy (non-hydrogen) atoms. The topological polar surface area (TPSA) is 34.9 Å². The fourth-order valence-electron chi connectivity index (χ4n) is 2.23. The van der Waals surface area contributed by atoms with Crippen LogP contribution >= 0.6 is 23.2 Å². The Balaban J connectivity index is 2.01. The van der Waals surface area contributed by atoms with Gasteiger partial charge in [-0.05, 0) is 29.8 Å². The first kappa shape index (κ1) is 14.8. The molecule has 3 rings (SSSR count). The lowest BCUT2D eigenvalue weighted by Gasteiger charge is -2.02. The van der Waals surface area contributed by atoms with E-state index in [4.69, 9.17) is 23.2 Å². The molecule has 1 heterocycles. The van der Waals surface area contributed by atoms with Crippen LogP contribution in [0.1, 0.15) is 21.6 Å². The van der Waals surface area contributed by atoms with Gasteiger partial charge in [0.25, 0.3) is 0 Å². The monoisotopic (exact) mass is 330 g/mol. The Morgan fingerprint density at radius 1 is 1.00 bits per heavy atom. The number of hydrogen-bond acceptors (Lipinski definition) is 2. The minimum absolute atomic E-state index is 0.324. The number of nitrogens with zero attached hydrogens (tertiary/aromatic N) is 2. The summed E-state index contributed by atoms with van der Waals surface area (Å²) in [5.41, 5.74) is 2.89. The predicted octanol–water partition coefficient (Wildman–Crippen LogP) is 4.58.